The number of ether oxygens (including phenoxy) is 1. The Balaban J connectivity index is 2.08. The molecule has 0 aromatic carbocycles. The second kappa shape index (κ2) is 5.29. The minimum absolute atomic E-state index is 0.119. The van der Waals surface area contributed by atoms with E-state index >= 15 is 0 Å². The van der Waals surface area contributed by atoms with Gasteiger partial charge in [0.15, 0.2) is 0 Å². The minimum Gasteiger partial charge on any atom is -0.377 e. The fourth-order valence-corrected chi connectivity index (χ4v) is 3.12. The van der Waals surface area contributed by atoms with Gasteiger partial charge in [0, 0.05) is 19.7 Å². The summed E-state index contributed by atoms with van der Waals surface area (Å²) in [7, 11) is 0. The molecule has 0 aliphatic carbocycles. The predicted molar refractivity (Wildman–Crippen MR) is 68.0 cm³/mol. The fourth-order valence-electron chi connectivity index (χ4n) is 1.76. The number of carbonyl (C=O) groups is 1. The van der Waals surface area contributed by atoms with Crippen molar-refractivity contribution in [3.05, 3.63) is 20.8 Å². The summed E-state index contributed by atoms with van der Waals surface area (Å²) in [6, 6.07) is 3.78. The number of hydrogen-bond acceptors (Lipinski definition) is 3. The summed E-state index contributed by atoms with van der Waals surface area (Å²) in [5.41, 5.74) is 0. The van der Waals surface area contributed by atoms with Crippen molar-refractivity contribution in [2.24, 2.45) is 0 Å². The van der Waals surface area contributed by atoms with Gasteiger partial charge in [0.1, 0.15) is 0 Å². The Hall–Kier alpha value is -0.390. The number of amides is 1. The molecule has 1 amide bonds. The lowest BCUT2D eigenvalue weighted by molar-refractivity contribution is 0.0565. The van der Waals surface area contributed by atoms with Gasteiger partial charge in [-0.25, -0.2) is 0 Å². The maximum absolute atomic E-state index is 12.2. The third kappa shape index (κ3) is 2.84. The second-order valence-electron chi connectivity index (χ2n) is 3.89. The largest absolute Gasteiger partial charge is 0.377 e. The summed E-state index contributed by atoms with van der Waals surface area (Å²) in [6.07, 6.45) is 1.05. The number of carbonyl (C=O) groups excluding carboxylic acids is 1. The summed E-state index contributed by atoms with van der Waals surface area (Å²) in [6.45, 7) is 4.24. The third-order valence-electron chi connectivity index (χ3n) is 2.52. The van der Waals surface area contributed by atoms with Crippen molar-refractivity contribution < 1.29 is 9.53 Å². The van der Waals surface area contributed by atoms with E-state index in [4.69, 9.17) is 4.74 Å². The lowest BCUT2D eigenvalue weighted by atomic mass is 10.3. The van der Waals surface area contributed by atoms with Crippen LogP contribution in [-0.4, -0.2) is 36.6 Å². The smallest absolute Gasteiger partial charge is 0.264 e. The summed E-state index contributed by atoms with van der Waals surface area (Å²) in [5, 5.41) is 0. The van der Waals surface area contributed by atoms with Crippen molar-refractivity contribution in [2.75, 3.05) is 19.7 Å². The first-order valence-corrected chi connectivity index (χ1v) is 6.94. The molecule has 1 fully saturated rings. The normalized spacial score (nSPS) is 21.9. The van der Waals surface area contributed by atoms with E-state index in [0.717, 1.165) is 28.2 Å². The highest BCUT2D eigenvalue weighted by Crippen LogP contribution is 2.23. The van der Waals surface area contributed by atoms with Crippen LogP contribution >= 0.6 is 27.3 Å². The average Bonchev–Trinajstić information content (AvgIpc) is 2.56. The molecule has 5 heteroatoms. The van der Waals surface area contributed by atoms with Crippen LogP contribution in [0.15, 0.2) is 15.9 Å². The van der Waals surface area contributed by atoms with Gasteiger partial charge < -0.3 is 9.64 Å². The Morgan fingerprint density at radius 2 is 2.44 bits per heavy atom. The molecule has 1 aliphatic rings. The van der Waals surface area contributed by atoms with E-state index in [1.165, 1.54) is 11.3 Å². The van der Waals surface area contributed by atoms with Gasteiger partial charge >= 0.3 is 0 Å². The van der Waals surface area contributed by atoms with Crippen molar-refractivity contribution in [3.8, 4) is 0 Å². The van der Waals surface area contributed by atoms with Gasteiger partial charge in [-0.15, -0.1) is 11.3 Å². The molecule has 16 heavy (non-hydrogen) atoms. The number of nitrogens with zero attached hydrogens (tertiary/aromatic N) is 1. The Morgan fingerprint density at radius 1 is 1.62 bits per heavy atom. The molecule has 2 rings (SSSR count). The molecule has 0 saturated carbocycles. The Morgan fingerprint density at radius 3 is 3.12 bits per heavy atom. The van der Waals surface area contributed by atoms with Crippen molar-refractivity contribution in [1.82, 2.24) is 4.90 Å². The molecule has 1 atom stereocenters. The van der Waals surface area contributed by atoms with Crippen molar-refractivity contribution in [2.45, 2.75) is 19.4 Å². The van der Waals surface area contributed by atoms with Crippen LogP contribution in [0.25, 0.3) is 0 Å². The molecule has 3 nitrogen and oxygen atoms in total. The van der Waals surface area contributed by atoms with Gasteiger partial charge in [-0.3, -0.25) is 4.79 Å². The molecule has 0 bridgehead atoms. The second-order valence-corrected chi connectivity index (χ2v) is 6.35. The molecule has 0 radical (unpaired) electrons. The van der Waals surface area contributed by atoms with Crippen LogP contribution in [0.4, 0.5) is 0 Å². The van der Waals surface area contributed by atoms with Gasteiger partial charge in [-0.2, -0.15) is 0 Å². The van der Waals surface area contributed by atoms with E-state index in [0.29, 0.717) is 6.54 Å². The van der Waals surface area contributed by atoms with Gasteiger partial charge in [-0.1, -0.05) is 0 Å². The lowest BCUT2D eigenvalue weighted by Gasteiger charge is -2.21. The van der Waals surface area contributed by atoms with Gasteiger partial charge in [0.25, 0.3) is 5.91 Å². The summed E-state index contributed by atoms with van der Waals surface area (Å²) >= 11 is 4.86. The quantitative estimate of drug-likeness (QED) is 0.798. The summed E-state index contributed by atoms with van der Waals surface area (Å²) in [4.78, 5) is 14.8. The third-order valence-corrected chi connectivity index (χ3v) is 4.14. The van der Waals surface area contributed by atoms with Crippen LogP contribution in [-0.2, 0) is 4.74 Å². The Bertz CT molecular complexity index is 380. The van der Waals surface area contributed by atoms with E-state index in [9.17, 15) is 4.79 Å². The summed E-state index contributed by atoms with van der Waals surface area (Å²) < 4.78 is 6.52. The molecule has 0 N–H and O–H groups in total. The van der Waals surface area contributed by atoms with Gasteiger partial charge in [0.2, 0.25) is 0 Å². The monoisotopic (exact) mass is 303 g/mol. The van der Waals surface area contributed by atoms with E-state index in [-0.39, 0.29) is 12.0 Å². The maximum Gasteiger partial charge on any atom is 0.264 e. The first kappa shape index (κ1) is 12.1. The fraction of sp³-hybridized carbons (Fsp3) is 0.545. The van der Waals surface area contributed by atoms with Crippen molar-refractivity contribution >= 4 is 33.2 Å². The Kier molecular flexibility index (Phi) is 4.00. The van der Waals surface area contributed by atoms with Crippen LogP contribution in [0.5, 0.6) is 0 Å². The van der Waals surface area contributed by atoms with Crippen molar-refractivity contribution in [1.29, 1.82) is 0 Å². The zero-order chi connectivity index (χ0) is 11.5. The van der Waals surface area contributed by atoms with E-state index in [2.05, 4.69) is 15.9 Å². The molecule has 1 aromatic rings. The first-order valence-electron chi connectivity index (χ1n) is 5.33. The minimum atomic E-state index is 0.119. The van der Waals surface area contributed by atoms with E-state index in [1.54, 1.807) is 0 Å². The number of hydrogen-bond donors (Lipinski definition) is 0. The highest BCUT2D eigenvalue weighted by atomic mass is 79.9. The standard InChI is InChI=1S/C11H14BrNO2S/c1-8-7-13(5-2-6-15-8)11(14)9-3-4-10(12)16-9/h3-4,8H,2,5-7H2,1H3. The molecule has 2 heterocycles. The highest BCUT2D eigenvalue weighted by Gasteiger charge is 2.21. The van der Waals surface area contributed by atoms with Crippen LogP contribution in [0.1, 0.15) is 23.0 Å². The van der Waals surface area contributed by atoms with Crippen LogP contribution in [0.2, 0.25) is 0 Å². The maximum atomic E-state index is 12.2. The number of halogens is 1. The number of thiophene rings is 1. The SMILES string of the molecule is CC1CN(C(=O)c2ccc(Br)s2)CCCO1. The molecule has 1 aliphatic heterocycles. The van der Waals surface area contributed by atoms with Crippen LogP contribution in [0.3, 0.4) is 0 Å². The highest BCUT2D eigenvalue weighted by molar-refractivity contribution is 9.11. The molecular weight excluding hydrogens is 290 g/mol. The molecule has 1 aromatic heterocycles. The average molecular weight is 304 g/mol. The molecular formula is C11H14BrNO2S. The Labute approximate surface area is 108 Å². The zero-order valence-corrected chi connectivity index (χ0v) is 11.5. The zero-order valence-electron chi connectivity index (χ0n) is 9.11. The first-order chi connectivity index (χ1) is 7.66. The van der Waals surface area contributed by atoms with Crippen LogP contribution in [0, 0.1) is 0 Å². The van der Waals surface area contributed by atoms with Crippen LogP contribution < -0.4 is 0 Å². The van der Waals surface area contributed by atoms with Crippen molar-refractivity contribution in [3.63, 3.8) is 0 Å². The van der Waals surface area contributed by atoms with E-state index < -0.39 is 0 Å². The molecule has 88 valence electrons. The molecule has 1 saturated heterocycles. The van der Waals surface area contributed by atoms with E-state index in [1.807, 2.05) is 24.0 Å². The summed E-state index contributed by atoms with van der Waals surface area (Å²) in [5.74, 6) is 0.119. The lowest BCUT2D eigenvalue weighted by Crippen LogP contribution is -2.35. The van der Waals surface area contributed by atoms with Gasteiger partial charge in [0.05, 0.1) is 14.8 Å². The van der Waals surface area contributed by atoms with Gasteiger partial charge in [-0.05, 0) is 41.4 Å². The number of rotatable bonds is 1. The topological polar surface area (TPSA) is 29.5 Å². The molecule has 0 spiro atoms. The molecule has 1 unspecified atom stereocenters. The predicted octanol–water partition coefficient (Wildman–Crippen LogP) is 2.76.